The topological polar surface area (TPSA) is 91.8 Å². The van der Waals surface area contributed by atoms with Crippen LogP contribution in [-0.4, -0.2) is 40.6 Å². The Balaban J connectivity index is 1.91. The molecule has 0 aliphatic rings. The highest BCUT2D eigenvalue weighted by atomic mass is 16.5. The Hall–Kier alpha value is -3.09. The monoisotopic (exact) mass is 357 g/mol. The number of carbonyl (C=O) groups excluding carboxylic acids is 1. The molecule has 0 saturated carbocycles. The second-order valence-electron chi connectivity index (χ2n) is 5.92. The Morgan fingerprint density at radius 1 is 1.27 bits per heavy atom. The highest BCUT2D eigenvalue weighted by Gasteiger charge is 2.14. The fourth-order valence-corrected chi connectivity index (χ4v) is 2.26. The van der Waals surface area contributed by atoms with E-state index in [1.807, 2.05) is 49.4 Å². The van der Waals surface area contributed by atoms with Gasteiger partial charge in [0.25, 0.3) is 0 Å². The lowest BCUT2D eigenvalue weighted by atomic mass is 10.1. The number of carbonyl (C=O) groups is 2. The molecule has 2 aromatic rings. The molecule has 0 fully saturated rings. The van der Waals surface area contributed by atoms with Crippen molar-refractivity contribution in [2.75, 3.05) is 13.6 Å². The van der Waals surface area contributed by atoms with E-state index in [2.05, 4.69) is 10.3 Å². The van der Waals surface area contributed by atoms with Gasteiger partial charge in [0.1, 0.15) is 12.4 Å². The number of urea groups is 1. The van der Waals surface area contributed by atoms with E-state index >= 15 is 0 Å². The summed E-state index contributed by atoms with van der Waals surface area (Å²) in [6.45, 7) is 2.38. The highest BCUT2D eigenvalue weighted by Crippen LogP contribution is 2.20. The van der Waals surface area contributed by atoms with Gasteiger partial charge in [-0.2, -0.15) is 0 Å². The van der Waals surface area contributed by atoms with Gasteiger partial charge in [-0.3, -0.25) is 9.78 Å². The number of carboxylic acid groups (broad SMARTS) is 1. The minimum absolute atomic E-state index is 0.0881. The van der Waals surface area contributed by atoms with Crippen molar-refractivity contribution in [2.45, 2.75) is 26.0 Å². The van der Waals surface area contributed by atoms with E-state index in [0.29, 0.717) is 12.4 Å². The molecule has 0 bridgehead atoms. The van der Waals surface area contributed by atoms with Crippen molar-refractivity contribution in [1.29, 1.82) is 0 Å². The second kappa shape index (κ2) is 9.41. The molecule has 0 aliphatic heterocycles. The molecule has 1 unspecified atom stereocenters. The third-order valence-electron chi connectivity index (χ3n) is 3.82. The lowest BCUT2D eigenvalue weighted by Gasteiger charge is -2.21. The zero-order valence-corrected chi connectivity index (χ0v) is 14.9. The summed E-state index contributed by atoms with van der Waals surface area (Å²) >= 11 is 0. The fraction of sp³-hybridized carbons (Fsp3) is 0.316. The molecular formula is C19H23N3O4. The molecule has 0 spiro atoms. The standard InChI is InChI=1S/C19H23N3O4/c1-14(21-19(25)22(2)11-9-18(23)24)15-6-5-8-17(12-15)26-13-16-7-3-4-10-20-16/h3-8,10,12,14H,9,11,13H2,1-2H3,(H,21,25)(H,23,24). The van der Waals surface area contributed by atoms with E-state index < -0.39 is 5.97 Å². The van der Waals surface area contributed by atoms with Crippen LogP contribution in [0.4, 0.5) is 4.79 Å². The van der Waals surface area contributed by atoms with Crippen molar-refractivity contribution in [3.8, 4) is 5.75 Å². The maximum Gasteiger partial charge on any atom is 0.317 e. The minimum atomic E-state index is -0.935. The first-order chi connectivity index (χ1) is 12.5. The van der Waals surface area contributed by atoms with Gasteiger partial charge in [-0.15, -0.1) is 0 Å². The SMILES string of the molecule is CC(NC(=O)N(C)CCC(=O)O)c1cccc(OCc2ccccn2)c1. The number of nitrogens with zero attached hydrogens (tertiary/aromatic N) is 2. The molecule has 26 heavy (non-hydrogen) atoms. The summed E-state index contributed by atoms with van der Waals surface area (Å²) in [4.78, 5) is 28.3. The second-order valence-corrected chi connectivity index (χ2v) is 5.92. The molecular weight excluding hydrogens is 334 g/mol. The Bertz CT molecular complexity index is 737. The number of hydrogen-bond acceptors (Lipinski definition) is 4. The molecule has 1 atom stereocenters. The number of benzene rings is 1. The van der Waals surface area contributed by atoms with E-state index in [4.69, 9.17) is 9.84 Å². The maximum atomic E-state index is 12.1. The molecule has 1 heterocycles. The predicted octanol–water partition coefficient (Wildman–Crippen LogP) is 2.84. The molecule has 2 N–H and O–H groups in total. The van der Waals surface area contributed by atoms with Crippen molar-refractivity contribution in [2.24, 2.45) is 0 Å². The number of pyridine rings is 1. The van der Waals surface area contributed by atoms with E-state index in [1.54, 1.807) is 13.2 Å². The van der Waals surface area contributed by atoms with E-state index in [0.717, 1.165) is 11.3 Å². The largest absolute Gasteiger partial charge is 0.487 e. The molecule has 1 aromatic carbocycles. The summed E-state index contributed by atoms with van der Waals surface area (Å²) in [5.74, 6) is -0.246. The third kappa shape index (κ3) is 6.08. The molecule has 7 nitrogen and oxygen atoms in total. The number of hydrogen-bond donors (Lipinski definition) is 2. The average molecular weight is 357 g/mol. The predicted molar refractivity (Wildman–Crippen MR) is 96.8 cm³/mol. The highest BCUT2D eigenvalue weighted by molar-refractivity contribution is 5.75. The molecule has 0 aliphatic carbocycles. The molecule has 1 aromatic heterocycles. The number of aliphatic carboxylic acids is 1. The van der Waals surface area contributed by atoms with Crippen LogP contribution < -0.4 is 10.1 Å². The molecule has 138 valence electrons. The van der Waals surface area contributed by atoms with Gasteiger partial charge >= 0.3 is 12.0 Å². The van der Waals surface area contributed by atoms with E-state index in [-0.39, 0.29) is 25.0 Å². The van der Waals surface area contributed by atoms with Gasteiger partial charge in [0.2, 0.25) is 0 Å². The van der Waals surface area contributed by atoms with Gasteiger partial charge in [0, 0.05) is 19.8 Å². The van der Waals surface area contributed by atoms with Crippen LogP contribution in [0.25, 0.3) is 0 Å². The molecule has 7 heteroatoms. The fourth-order valence-electron chi connectivity index (χ4n) is 2.26. The molecule has 2 rings (SSSR count). The number of aromatic nitrogens is 1. The van der Waals surface area contributed by atoms with Crippen molar-refractivity contribution < 1.29 is 19.4 Å². The van der Waals surface area contributed by atoms with Gasteiger partial charge in [-0.05, 0) is 36.8 Å². The smallest absolute Gasteiger partial charge is 0.317 e. The lowest BCUT2D eigenvalue weighted by Crippen LogP contribution is -2.39. The van der Waals surface area contributed by atoms with Crippen LogP contribution in [0.1, 0.15) is 30.6 Å². The quantitative estimate of drug-likeness (QED) is 0.758. The van der Waals surface area contributed by atoms with Gasteiger partial charge in [-0.25, -0.2) is 4.79 Å². The average Bonchev–Trinajstić information content (AvgIpc) is 2.65. The van der Waals surface area contributed by atoms with Gasteiger partial charge in [-0.1, -0.05) is 18.2 Å². The maximum absolute atomic E-state index is 12.1. The van der Waals surface area contributed by atoms with Crippen LogP contribution in [0.2, 0.25) is 0 Å². The van der Waals surface area contributed by atoms with Crippen molar-refractivity contribution in [3.05, 3.63) is 59.9 Å². The van der Waals surface area contributed by atoms with Crippen LogP contribution in [0.15, 0.2) is 48.7 Å². The van der Waals surface area contributed by atoms with Crippen molar-refractivity contribution >= 4 is 12.0 Å². The summed E-state index contributed by atoms with van der Waals surface area (Å²) in [5, 5.41) is 11.5. The Morgan fingerprint density at radius 3 is 2.77 bits per heavy atom. The zero-order valence-electron chi connectivity index (χ0n) is 14.9. The van der Waals surface area contributed by atoms with Crippen LogP contribution in [-0.2, 0) is 11.4 Å². The van der Waals surface area contributed by atoms with E-state index in [1.165, 1.54) is 4.90 Å². The molecule has 2 amide bonds. The Morgan fingerprint density at radius 2 is 2.08 bits per heavy atom. The number of rotatable bonds is 8. The number of amides is 2. The summed E-state index contributed by atoms with van der Waals surface area (Å²) < 4.78 is 5.75. The summed E-state index contributed by atoms with van der Waals surface area (Å²) in [5.41, 5.74) is 1.72. The van der Waals surface area contributed by atoms with Gasteiger partial charge in [0.05, 0.1) is 18.2 Å². The first kappa shape index (κ1) is 19.2. The summed E-state index contributed by atoms with van der Waals surface area (Å²) in [6.07, 6.45) is 1.63. The Kier molecular flexibility index (Phi) is 6.96. The summed E-state index contributed by atoms with van der Waals surface area (Å²) in [7, 11) is 1.57. The number of carboxylic acids is 1. The number of ether oxygens (including phenoxy) is 1. The first-order valence-electron chi connectivity index (χ1n) is 8.32. The minimum Gasteiger partial charge on any atom is -0.487 e. The Labute approximate surface area is 152 Å². The van der Waals surface area contributed by atoms with Crippen LogP contribution >= 0.6 is 0 Å². The van der Waals surface area contributed by atoms with Crippen LogP contribution in [0.3, 0.4) is 0 Å². The third-order valence-corrected chi connectivity index (χ3v) is 3.82. The molecule has 0 radical (unpaired) electrons. The van der Waals surface area contributed by atoms with Gasteiger partial charge < -0.3 is 20.1 Å². The van der Waals surface area contributed by atoms with Crippen LogP contribution in [0.5, 0.6) is 5.75 Å². The normalized spacial score (nSPS) is 11.5. The van der Waals surface area contributed by atoms with Crippen molar-refractivity contribution in [1.82, 2.24) is 15.2 Å². The summed E-state index contributed by atoms with van der Waals surface area (Å²) in [6, 6.07) is 12.6. The molecule has 0 saturated heterocycles. The lowest BCUT2D eigenvalue weighted by molar-refractivity contribution is -0.137. The number of nitrogens with one attached hydrogen (secondary N) is 1. The first-order valence-corrected chi connectivity index (χ1v) is 8.32. The van der Waals surface area contributed by atoms with E-state index in [9.17, 15) is 9.59 Å². The van der Waals surface area contributed by atoms with Gasteiger partial charge in [0.15, 0.2) is 0 Å². The zero-order chi connectivity index (χ0) is 18.9. The van der Waals surface area contributed by atoms with Crippen molar-refractivity contribution in [3.63, 3.8) is 0 Å². The van der Waals surface area contributed by atoms with Crippen LogP contribution in [0, 0.1) is 0 Å².